The van der Waals surface area contributed by atoms with E-state index in [0.717, 1.165) is 53.7 Å². The Bertz CT molecular complexity index is 872. The van der Waals surface area contributed by atoms with Gasteiger partial charge in [-0.15, -0.1) is 11.8 Å². The SMILES string of the molecule is CCSc1nc(N(C)CC2CCCCO2)cc(C)c1C(=O)NCc1cccc(F)c1. The maximum Gasteiger partial charge on any atom is 0.254 e. The molecule has 7 heteroatoms. The van der Waals surface area contributed by atoms with Gasteiger partial charge >= 0.3 is 0 Å². The molecule has 0 bridgehead atoms. The van der Waals surface area contributed by atoms with Crippen molar-refractivity contribution in [1.29, 1.82) is 0 Å². The molecule has 5 nitrogen and oxygen atoms in total. The summed E-state index contributed by atoms with van der Waals surface area (Å²) in [6, 6.07) is 8.21. The van der Waals surface area contributed by atoms with Crippen LogP contribution in [0.1, 0.15) is 47.7 Å². The van der Waals surface area contributed by atoms with Crippen molar-refractivity contribution >= 4 is 23.5 Å². The fourth-order valence-electron chi connectivity index (χ4n) is 3.61. The van der Waals surface area contributed by atoms with Gasteiger partial charge in [-0.1, -0.05) is 19.1 Å². The molecule has 1 saturated heterocycles. The lowest BCUT2D eigenvalue weighted by atomic mass is 10.1. The topological polar surface area (TPSA) is 54.5 Å². The Morgan fingerprint density at radius 2 is 2.20 bits per heavy atom. The van der Waals surface area contributed by atoms with Crippen molar-refractivity contribution < 1.29 is 13.9 Å². The molecular weight excluding hydrogens is 401 g/mol. The number of amides is 1. The van der Waals surface area contributed by atoms with Gasteiger partial charge in [-0.05, 0) is 61.3 Å². The van der Waals surface area contributed by atoms with Crippen LogP contribution in [0.3, 0.4) is 0 Å². The van der Waals surface area contributed by atoms with Crippen LogP contribution in [-0.4, -0.2) is 42.9 Å². The quantitative estimate of drug-likeness (QED) is 0.620. The van der Waals surface area contributed by atoms with Crippen molar-refractivity contribution in [3.63, 3.8) is 0 Å². The van der Waals surface area contributed by atoms with Gasteiger partial charge in [-0.2, -0.15) is 0 Å². The van der Waals surface area contributed by atoms with E-state index in [1.165, 1.54) is 18.6 Å². The third kappa shape index (κ3) is 5.95. The van der Waals surface area contributed by atoms with Crippen LogP contribution in [0.2, 0.25) is 0 Å². The number of hydrogen-bond acceptors (Lipinski definition) is 5. The maximum absolute atomic E-state index is 13.4. The van der Waals surface area contributed by atoms with E-state index in [4.69, 9.17) is 9.72 Å². The number of hydrogen-bond donors (Lipinski definition) is 1. The predicted molar refractivity (Wildman–Crippen MR) is 120 cm³/mol. The Balaban J connectivity index is 1.75. The number of carbonyl (C=O) groups excluding carboxylic acids is 1. The summed E-state index contributed by atoms with van der Waals surface area (Å²) in [5, 5.41) is 3.63. The van der Waals surface area contributed by atoms with Gasteiger partial charge in [0, 0.05) is 26.7 Å². The summed E-state index contributed by atoms with van der Waals surface area (Å²) >= 11 is 1.56. The van der Waals surface area contributed by atoms with Crippen LogP contribution in [-0.2, 0) is 11.3 Å². The monoisotopic (exact) mass is 431 g/mol. The Labute approximate surface area is 182 Å². The van der Waals surface area contributed by atoms with Crippen LogP contribution in [0.5, 0.6) is 0 Å². The number of benzene rings is 1. The number of aromatic nitrogens is 1. The first kappa shape index (κ1) is 22.6. The number of nitrogens with one attached hydrogen (secondary N) is 1. The Morgan fingerprint density at radius 3 is 2.90 bits per heavy atom. The summed E-state index contributed by atoms with van der Waals surface area (Å²) in [5.74, 6) is 1.16. The fourth-order valence-corrected chi connectivity index (χ4v) is 4.44. The zero-order valence-electron chi connectivity index (χ0n) is 17.9. The number of ether oxygens (including phenoxy) is 1. The summed E-state index contributed by atoms with van der Waals surface area (Å²) < 4.78 is 19.2. The van der Waals surface area contributed by atoms with Crippen LogP contribution in [0.25, 0.3) is 0 Å². The summed E-state index contributed by atoms with van der Waals surface area (Å²) in [6.45, 7) is 5.86. The molecule has 1 aromatic carbocycles. The molecule has 2 aromatic rings. The average Bonchev–Trinajstić information content (AvgIpc) is 2.73. The van der Waals surface area contributed by atoms with Crippen LogP contribution >= 0.6 is 11.8 Å². The van der Waals surface area contributed by atoms with Gasteiger partial charge < -0.3 is 15.0 Å². The standard InChI is InChI=1S/C23H30FN3O2S/c1-4-30-23-21(22(28)25-14-17-8-7-9-18(24)13-17)16(2)12-20(26-23)27(3)15-19-10-5-6-11-29-19/h7-9,12-13,19H,4-6,10-11,14-15H2,1-3H3,(H,25,28). The lowest BCUT2D eigenvalue weighted by molar-refractivity contribution is 0.0215. The highest BCUT2D eigenvalue weighted by atomic mass is 32.2. The molecule has 2 heterocycles. The second kappa shape index (κ2) is 10.8. The molecule has 3 rings (SSSR count). The summed E-state index contributed by atoms with van der Waals surface area (Å²) in [4.78, 5) is 19.8. The first-order valence-electron chi connectivity index (χ1n) is 10.5. The van der Waals surface area contributed by atoms with E-state index < -0.39 is 0 Å². The lowest BCUT2D eigenvalue weighted by Crippen LogP contribution is -2.34. The number of thioether (sulfide) groups is 1. The van der Waals surface area contributed by atoms with E-state index in [9.17, 15) is 9.18 Å². The third-order valence-corrected chi connectivity index (χ3v) is 6.02. The highest BCUT2D eigenvalue weighted by Gasteiger charge is 2.21. The van der Waals surface area contributed by atoms with Crippen molar-refractivity contribution in [2.75, 3.05) is 30.9 Å². The molecule has 162 valence electrons. The van der Waals surface area contributed by atoms with Gasteiger partial charge in [0.05, 0.1) is 11.7 Å². The minimum atomic E-state index is -0.309. The number of pyridine rings is 1. The molecule has 1 fully saturated rings. The zero-order chi connectivity index (χ0) is 21.5. The van der Waals surface area contributed by atoms with Gasteiger partial charge in [0.15, 0.2) is 0 Å². The fraction of sp³-hybridized carbons (Fsp3) is 0.478. The third-order valence-electron chi connectivity index (χ3n) is 5.16. The molecule has 1 amide bonds. The number of carbonyl (C=O) groups is 1. The van der Waals surface area contributed by atoms with Crippen molar-refractivity contribution in [3.8, 4) is 0 Å². The van der Waals surface area contributed by atoms with Gasteiger partial charge in [0.1, 0.15) is 16.7 Å². The van der Waals surface area contributed by atoms with Crippen molar-refractivity contribution in [2.24, 2.45) is 0 Å². The largest absolute Gasteiger partial charge is 0.376 e. The van der Waals surface area contributed by atoms with E-state index in [2.05, 4.69) is 10.2 Å². The molecule has 0 radical (unpaired) electrons. The number of anilines is 1. The Morgan fingerprint density at radius 1 is 1.37 bits per heavy atom. The summed E-state index contributed by atoms with van der Waals surface area (Å²) in [6.07, 6.45) is 3.63. The molecule has 1 N–H and O–H groups in total. The molecule has 0 aliphatic carbocycles. The molecular formula is C23H30FN3O2S. The van der Waals surface area contributed by atoms with E-state index in [0.29, 0.717) is 5.56 Å². The number of rotatable bonds is 8. The first-order chi connectivity index (χ1) is 14.5. The van der Waals surface area contributed by atoms with Gasteiger partial charge in [-0.25, -0.2) is 9.37 Å². The molecule has 1 aliphatic rings. The van der Waals surface area contributed by atoms with Crippen molar-refractivity contribution in [2.45, 2.75) is 50.8 Å². The van der Waals surface area contributed by atoms with E-state index >= 15 is 0 Å². The van der Waals surface area contributed by atoms with Crippen molar-refractivity contribution in [3.05, 3.63) is 52.8 Å². The highest BCUT2D eigenvalue weighted by Crippen LogP contribution is 2.28. The van der Waals surface area contributed by atoms with Crippen molar-refractivity contribution in [1.82, 2.24) is 10.3 Å². The molecule has 30 heavy (non-hydrogen) atoms. The van der Waals surface area contributed by atoms with Gasteiger partial charge in [-0.3, -0.25) is 4.79 Å². The molecule has 1 atom stereocenters. The average molecular weight is 432 g/mol. The number of halogens is 1. The van der Waals surface area contributed by atoms with E-state index in [1.807, 2.05) is 27.0 Å². The molecule has 1 unspecified atom stereocenters. The van der Waals surface area contributed by atoms with Crippen LogP contribution in [0, 0.1) is 12.7 Å². The zero-order valence-corrected chi connectivity index (χ0v) is 18.7. The molecule has 0 spiro atoms. The van der Waals surface area contributed by atoms with E-state index in [1.54, 1.807) is 23.9 Å². The highest BCUT2D eigenvalue weighted by molar-refractivity contribution is 7.99. The minimum Gasteiger partial charge on any atom is -0.376 e. The number of aryl methyl sites for hydroxylation is 1. The number of nitrogens with zero attached hydrogens (tertiary/aromatic N) is 2. The van der Waals surface area contributed by atoms with Gasteiger partial charge in [0.25, 0.3) is 5.91 Å². The minimum absolute atomic E-state index is 0.190. The molecule has 1 aromatic heterocycles. The van der Waals surface area contributed by atoms with Crippen LogP contribution < -0.4 is 10.2 Å². The maximum atomic E-state index is 13.4. The first-order valence-corrected chi connectivity index (χ1v) is 11.5. The number of likely N-dealkylation sites (N-methyl/N-ethyl adjacent to an activating group) is 1. The summed E-state index contributed by atoms with van der Waals surface area (Å²) in [7, 11) is 2.02. The Hall–Kier alpha value is -2.12. The molecule has 1 aliphatic heterocycles. The lowest BCUT2D eigenvalue weighted by Gasteiger charge is -2.28. The second-order valence-electron chi connectivity index (χ2n) is 7.59. The van der Waals surface area contributed by atoms with E-state index in [-0.39, 0.29) is 24.4 Å². The smallest absolute Gasteiger partial charge is 0.254 e. The second-order valence-corrected chi connectivity index (χ2v) is 8.84. The van der Waals surface area contributed by atoms with Crippen LogP contribution in [0.15, 0.2) is 35.4 Å². The predicted octanol–water partition coefficient (Wildman–Crippen LogP) is 4.58. The van der Waals surface area contributed by atoms with Gasteiger partial charge in [0.2, 0.25) is 0 Å². The normalized spacial score (nSPS) is 16.3. The summed E-state index contributed by atoms with van der Waals surface area (Å²) in [5.41, 5.74) is 2.19. The molecule has 0 saturated carbocycles. The Kier molecular flexibility index (Phi) is 8.10. The van der Waals surface area contributed by atoms with Crippen LogP contribution in [0.4, 0.5) is 10.2 Å².